The van der Waals surface area contributed by atoms with Gasteiger partial charge in [-0.25, -0.2) is 8.42 Å². The Bertz CT molecular complexity index is 559. The fourth-order valence-corrected chi connectivity index (χ4v) is 4.45. The van der Waals surface area contributed by atoms with Crippen LogP contribution in [0, 0.1) is 0 Å². The molecule has 106 valence electrons. The van der Waals surface area contributed by atoms with E-state index in [9.17, 15) is 8.42 Å². The van der Waals surface area contributed by atoms with Crippen LogP contribution in [-0.4, -0.2) is 38.4 Å². The molecule has 0 aliphatic carbocycles. The Morgan fingerprint density at radius 3 is 2.58 bits per heavy atom. The summed E-state index contributed by atoms with van der Waals surface area (Å²) in [5.74, 6) is 0. The monoisotopic (exact) mass is 322 g/mol. The lowest BCUT2D eigenvalue weighted by molar-refractivity contribution is 0.242. The predicted octanol–water partition coefficient (Wildman–Crippen LogP) is 2.37. The summed E-state index contributed by atoms with van der Waals surface area (Å²) in [6, 6.07) is 4.51. The standard InChI is InChI=1S/C12H16Cl2N2O2S/c1-2-5-16(10-7-15-8-10)19(17,18)12-6-9(13)3-4-11(12)14/h3-4,6,10,15H,2,5,7-8H2,1H3. The summed E-state index contributed by atoms with van der Waals surface area (Å²) in [6.07, 6.45) is 0.758. The van der Waals surface area contributed by atoms with Crippen molar-refractivity contribution in [2.75, 3.05) is 19.6 Å². The van der Waals surface area contributed by atoms with Crippen molar-refractivity contribution in [3.8, 4) is 0 Å². The number of nitrogens with zero attached hydrogens (tertiary/aromatic N) is 1. The molecule has 0 saturated carbocycles. The summed E-state index contributed by atoms with van der Waals surface area (Å²) < 4.78 is 26.9. The van der Waals surface area contributed by atoms with Crippen molar-refractivity contribution in [2.24, 2.45) is 0 Å². The third-order valence-electron chi connectivity index (χ3n) is 3.09. The summed E-state index contributed by atoms with van der Waals surface area (Å²) in [5.41, 5.74) is 0. The highest BCUT2D eigenvalue weighted by Gasteiger charge is 2.35. The first-order valence-electron chi connectivity index (χ1n) is 6.14. The molecule has 0 atom stereocenters. The zero-order valence-corrected chi connectivity index (χ0v) is 12.9. The van der Waals surface area contributed by atoms with E-state index in [2.05, 4.69) is 5.32 Å². The van der Waals surface area contributed by atoms with Crippen molar-refractivity contribution in [1.82, 2.24) is 9.62 Å². The minimum Gasteiger partial charge on any atom is -0.313 e. The predicted molar refractivity (Wildman–Crippen MR) is 77.3 cm³/mol. The van der Waals surface area contributed by atoms with Crippen LogP contribution in [0.25, 0.3) is 0 Å². The second-order valence-corrected chi connectivity index (χ2v) is 7.21. The van der Waals surface area contributed by atoms with Crippen LogP contribution in [0.3, 0.4) is 0 Å². The number of hydrogen-bond acceptors (Lipinski definition) is 3. The number of benzene rings is 1. The van der Waals surface area contributed by atoms with Crippen molar-refractivity contribution in [1.29, 1.82) is 0 Å². The van der Waals surface area contributed by atoms with Gasteiger partial charge in [-0.2, -0.15) is 4.31 Å². The van der Waals surface area contributed by atoms with Gasteiger partial charge in [0.2, 0.25) is 10.0 Å². The molecule has 1 heterocycles. The third kappa shape index (κ3) is 3.06. The summed E-state index contributed by atoms with van der Waals surface area (Å²) in [5, 5.41) is 3.66. The molecule has 7 heteroatoms. The van der Waals surface area contributed by atoms with Crippen LogP contribution < -0.4 is 5.32 Å². The Balaban J connectivity index is 2.40. The largest absolute Gasteiger partial charge is 0.313 e. The van der Waals surface area contributed by atoms with E-state index in [4.69, 9.17) is 23.2 Å². The lowest BCUT2D eigenvalue weighted by Gasteiger charge is -2.37. The van der Waals surface area contributed by atoms with Crippen LogP contribution in [0.2, 0.25) is 10.0 Å². The summed E-state index contributed by atoms with van der Waals surface area (Å²) in [6.45, 7) is 3.79. The molecule has 1 aliphatic heterocycles. The molecule has 2 rings (SSSR count). The van der Waals surface area contributed by atoms with E-state index in [1.165, 1.54) is 16.4 Å². The number of nitrogens with one attached hydrogen (secondary N) is 1. The quantitative estimate of drug-likeness (QED) is 0.905. The third-order valence-corrected chi connectivity index (χ3v) is 5.76. The van der Waals surface area contributed by atoms with Gasteiger partial charge in [0.15, 0.2) is 0 Å². The first-order chi connectivity index (χ1) is 8.96. The molecule has 19 heavy (non-hydrogen) atoms. The van der Waals surface area contributed by atoms with Gasteiger partial charge in [0.05, 0.1) is 11.1 Å². The molecule has 1 aromatic rings. The van der Waals surface area contributed by atoms with Crippen molar-refractivity contribution in [3.05, 3.63) is 28.2 Å². The Morgan fingerprint density at radius 1 is 1.37 bits per heavy atom. The first kappa shape index (κ1) is 15.1. The fraction of sp³-hybridized carbons (Fsp3) is 0.500. The van der Waals surface area contributed by atoms with Gasteiger partial charge in [-0.15, -0.1) is 0 Å². The van der Waals surface area contributed by atoms with E-state index in [-0.39, 0.29) is 16.0 Å². The Morgan fingerprint density at radius 2 is 2.05 bits per heavy atom. The second-order valence-electron chi connectivity index (χ2n) is 4.50. The van der Waals surface area contributed by atoms with Crippen molar-refractivity contribution in [2.45, 2.75) is 24.3 Å². The van der Waals surface area contributed by atoms with Gasteiger partial charge in [0, 0.05) is 24.7 Å². The molecule has 4 nitrogen and oxygen atoms in total. The van der Waals surface area contributed by atoms with Gasteiger partial charge in [-0.1, -0.05) is 30.1 Å². The van der Waals surface area contributed by atoms with E-state index in [0.717, 1.165) is 6.42 Å². The molecule has 1 fully saturated rings. The SMILES string of the molecule is CCCN(C1CNC1)S(=O)(=O)c1cc(Cl)ccc1Cl. The highest BCUT2D eigenvalue weighted by Crippen LogP contribution is 2.29. The van der Waals surface area contributed by atoms with Gasteiger partial charge in [-0.05, 0) is 24.6 Å². The van der Waals surface area contributed by atoms with Crippen molar-refractivity contribution < 1.29 is 8.42 Å². The summed E-state index contributed by atoms with van der Waals surface area (Å²) >= 11 is 11.9. The van der Waals surface area contributed by atoms with Crippen molar-refractivity contribution >= 4 is 33.2 Å². The van der Waals surface area contributed by atoms with Crippen LogP contribution in [0.5, 0.6) is 0 Å². The first-order valence-corrected chi connectivity index (χ1v) is 8.34. The molecule has 0 bridgehead atoms. The Labute approximate surface area is 123 Å². The normalized spacial score (nSPS) is 16.6. The van der Waals surface area contributed by atoms with E-state index in [1.807, 2.05) is 6.92 Å². The topological polar surface area (TPSA) is 49.4 Å². The minimum atomic E-state index is -3.60. The zero-order valence-electron chi connectivity index (χ0n) is 10.6. The highest BCUT2D eigenvalue weighted by molar-refractivity contribution is 7.89. The number of rotatable bonds is 5. The van der Waals surface area contributed by atoms with E-state index in [0.29, 0.717) is 24.7 Å². The molecular formula is C12H16Cl2N2O2S. The molecule has 1 N–H and O–H groups in total. The highest BCUT2D eigenvalue weighted by atomic mass is 35.5. The van der Waals surface area contributed by atoms with Crippen molar-refractivity contribution in [3.63, 3.8) is 0 Å². The Hall–Kier alpha value is -0.330. The fourth-order valence-electron chi connectivity index (χ4n) is 2.00. The van der Waals surface area contributed by atoms with Crippen LogP contribution in [-0.2, 0) is 10.0 Å². The molecule has 0 unspecified atom stereocenters. The van der Waals surface area contributed by atoms with Gasteiger partial charge in [-0.3, -0.25) is 0 Å². The molecule has 1 aliphatic rings. The molecule has 0 aromatic heterocycles. The summed E-state index contributed by atoms with van der Waals surface area (Å²) in [4.78, 5) is 0.0852. The molecule has 0 amide bonds. The van der Waals surface area contributed by atoms with E-state index >= 15 is 0 Å². The van der Waals surface area contributed by atoms with E-state index < -0.39 is 10.0 Å². The summed E-state index contributed by atoms with van der Waals surface area (Å²) in [7, 11) is -3.60. The van der Waals surface area contributed by atoms with Crippen LogP contribution >= 0.6 is 23.2 Å². The van der Waals surface area contributed by atoms with E-state index in [1.54, 1.807) is 6.07 Å². The van der Waals surface area contributed by atoms with Gasteiger partial charge in [0.25, 0.3) is 0 Å². The molecular weight excluding hydrogens is 307 g/mol. The Kier molecular flexibility index (Phi) is 4.74. The van der Waals surface area contributed by atoms with Gasteiger partial charge in [0.1, 0.15) is 4.90 Å². The zero-order chi connectivity index (χ0) is 14.0. The molecule has 0 spiro atoms. The number of sulfonamides is 1. The lowest BCUT2D eigenvalue weighted by atomic mass is 10.2. The maximum absolute atomic E-state index is 12.7. The smallest absolute Gasteiger partial charge is 0.244 e. The number of hydrogen-bond donors (Lipinski definition) is 1. The van der Waals surface area contributed by atoms with Gasteiger partial charge < -0.3 is 5.32 Å². The lowest BCUT2D eigenvalue weighted by Crippen LogP contribution is -2.58. The van der Waals surface area contributed by atoms with Crippen LogP contribution in [0.1, 0.15) is 13.3 Å². The maximum Gasteiger partial charge on any atom is 0.244 e. The molecule has 1 saturated heterocycles. The maximum atomic E-state index is 12.7. The van der Waals surface area contributed by atoms with Crippen LogP contribution in [0.4, 0.5) is 0 Å². The minimum absolute atomic E-state index is 0.00000157. The average molecular weight is 323 g/mol. The second kappa shape index (κ2) is 5.97. The number of halogens is 2. The molecule has 0 radical (unpaired) electrons. The van der Waals surface area contributed by atoms with Crippen LogP contribution in [0.15, 0.2) is 23.1 Å². The van der Waals surface area contributed by atoms with Gasteiger partial charge >= 0.3 is 0 Å². The average Bonchev–Trinajstić information content (AvgIpc) is 2.29. The molecule has 1 aromatic carbocycles.